The minimum Gasteiger partial charge on any atom is -0.495 e. The zero-order chi connectivity index (χ0) is 13.1. The molecule has 1 aromatic rings. The summed E-state index contributed by atoms with van der Waals surface area (Å²) >= 11 is 0. The number of hydrogen-bond donors (Lipinski definition) is 0. The van der Waals surface area contributed by atoms with Crippen molar-refractivity contribution in [3.8, 4) is 5.75 Å². The molecule has 5 heteroatoms. The molecule has 4 nitrogen and oxygen atoms in total. The summed E-state index contributed by atoms with van der Waals surface area (Å²) in [6.07, 6.45) is 2.29. The number of sulfone groups is 1. The summed E-state index contributed by atoms with van der Waals surface area (Å²) < 4.78 is 28.4. The highest BCUT2D eigenvalue weighted by atomic mass is 32.2. The number of carbonyl (C=O) groups excluding carboxylic acids is 1. The van der Waals surface area contributed by atoms with Crippen molar-refractivity contribution in [3.63, 3.8) is 0 Å². The number of aldehydes is 1. The SMILES string of the molecule is COc1c(C(C)CC=O)cccc1S(C)(=O)=O. The summed E-state index contributed by atoms with van der Waals surface area (Å²) in [7, 11) is -1.90. The van der Waals surface area contributed by atoms with Gasteiger partial charge in [-0.2, -0.15) is 0 Å². The smallest absolute Gasteiger partial charge is 0.179 e. The van der Waals surface area contributed by atoms with Crippen LogP contribution >= 0.6 is 0 Å². The molecular weight excluding hydrogens is 240 g/mol. The standard InChI is InChI=1S/C12H16O4S/c1-9(7-8-13)10-5-4-6-11(12(10)16-2)17(3,14)15/h4-6,8-9H,7H2,1-3H3. The number of rotatable bonds is 5. The zero-order valence-electron chi connectivity index (χ0n) is 10.1. The number of benzene rings is 1. The second kappa shape index (κ2) is 5.31. The molecule has 0 saturated carbocycles. The first-order valence-electron chi connectivity index (χ1n) is 5.22. The molecule has 0 aromatic heterocycles. The van der Waals surface area contributed by atoms with Crippen LogP contribution in [0.5, 0.6) is 5.75 Å². The number of carbonyl (C=O) groups is 1. The van der Waals surface area contributed by atoms with Crippen LogP contribution in [0.3, 0.4) is 0 Å². The van der Waals surface area contributed by atoms with Crippen LogP contribution in [-0.4, -0.2) is 28.1 Å². The van der Waals surface area contributed by atoms with Crippen molar-refractivity contribution in [2.45, 2.75) is 24.2 Å². The van der Waals surface area contributed by atoms with Crippen LogP contribution in [0, 0.1) is 0 Å². The van der Waals surface area contributed by atoms with Gasteiger partial charge in [-0.3, -0.25) is 0 Å². The second-order valence-electron chi connectivity index (χ2n) is 3.95. The predicted molar refractivity (Wildman–Crippen MR) is 65.2 cm³/mol. The molecular formula is C12H16O4S. The molecule has 0 aliphatic heterocycles. The van der Waals surface area contributed by atoms with Crippen LogP contribution in [0.2, 0.25) is 0 Å². The van der Waals surface area contributed by atoms with E-state index in [4.69, 9.17) is 4.74 Å². The van der Waals surface area contributed by atoms with E-state index in [1.54, 1.807) is 12.1 Å². The average Bonchev–Trinajstić information content (AvgIpc) is 2.27. The molecule has 1 unspecified atom stereocenters. The van der Waals surface area contributed by atoms with Gasteiger partial charge in [-0.15, -0.1) is 0 Å². The summed E-state index contributed by atoms with van der Waals surface area (Å²) in [5, 5.41) is 0. The third kappa shape index (κ3) is 3.06. The number of para-hydroxylation sites is 1. The molecule has 0 N–H and O–H groups in total. The normalized spacial score (nSPS) is 13.1. The van der Waals surface area contributed by atoms with E-state index in [0.717, 1.165) is 18.1 Å². The monoisotopic (exact) mass is 256 g/mol. The maximum Gasteiger partial charge on any atom is 0.179 e. The molecule has 17 heavy (non-hydrogen) atoms. The van der Waals surface area contributed by atoms with Crippen LogP contribution in [-0.2, 0) is 14.6 Å². The molecule has 0 radical (unpaired) electrons. The van der Waals surface area contributed by atoms with Gasteiger partial charge in [0.2, 0.25) is 0 Å². The van der Waals surface area contributed by atoms with Gasteiger partial charge in [-0.25, -0.2) is 8.42 Å². The van der Waals surface area contributed by atoms with Crippen molar-refractivity contribution in [1.82, 2.24) is 0 Å². The van der Waals surface area contributed by atoms with E-state index in [1.807, 2.05) is 6.92 Å². The lowest BCUT2D eigenvalue weighted by atomic mass is 9.97. The summed E-state index contributed by atoms with van der Waals surface area (Å²) in [5.41, 5.74) is 0.738. The topological polar surface area (TPSA) is 60.4 Å². The Morgan fingerprint density at radius 3 is 2.53 bits per heavy atom. The Bertz CT molecular complexity index is 505. The van der Waals surface area contributed by atoms with Crippen LogP contribution < -0.4 is 4.74 Å². The van der Waals surface area contributed by atoms with E-state index in [-0.39, 0.29) is 10.8 Å². The third-order valence-corrected chi connectivity index (χ3v) is 3.71. The van der Waals surface area contributed by atoms with E-state index < -0.39 is 9.84 Å². The molecule has 0 aliphatic rings. The molecule has 1 rings (SSSR count). The van der Waals surface area contributed by atoms with Crippen molar-refractivity contribution in [2.75, 3.05) is 13.4 Å². The molecule has 0 amide bonds. The van der Waals surface area contributed by atoms with Gasteiger partial charge in [0, 0.05) is 12.7 Å². The second-order valence-corrected chi connectivity index (χ2v) is 5.94. The molecule has 1 atom stereocenters. The largest absolute Gasteiger partial charge is 0.495 e. The van der Waals surface area contributed by atoms with E-state index >= 15 is 0 Å². The van der Waals surface area contributed by atoms with Crippen molar-refractivity contribution in [2.24, 2.45) is 0 Å². The molecule has 1 aromatic carbocycles. The van der Waals surface area contributed by atoms with Crippen LogP contribution in [0.1, 0.15) is 24.8 Å². The first-order chi connectivity index (χ1) is 7.91. The Hall–Kier alpha value is -1.36. The molecule has 0 heterocycles. The summed E-state index contributed by atoms with van der Waals surface area (Å²) in [4.78, 5) is 10.7. The predicted octanol–water partition coefficient (Wildman–Crippen LogP) is 1.79. The van der Waals surface area contributed by atoms with Crippen LogP contribution in [0.4, 0.5) is 0 Å². The molecule has 0 bridgehead atoms. The first-order valence-corrected chi connectivity index (χ1v) is 7.11. The van der Waals surface area contributed by atoms with Gasteiger partial charge >= 0.3 is 0 Å². The van der Waals surface area contributed by atoms with E-state index in [0.29, 0.717) is 12.2 Å². The van der Waals surface area contributed by atoms with Gasteiger partial charge in [0.25, 0.3) is 0 Å². The Kier molecular flexibility index (Phi) is 4.28. The molecule has 0 aliphatic carbocycles. The fourth-order valence-corrected chi connectivity index (χ4v) is 2.57. The lowest BCUT2D eigenvalue weighted by molar-refractivity contribution is -0.108. The number of methoxy groups -OCH3 is 1. The fourth-order valence-electron chi connectivity index (χ4n) is 1.70. The quantitative estimate of drug-likeness (QED) is 0.754. The number of hydrogen-bond acceptors (Lipinski definition) is 4. The Morgan fingerprint density at radius 2 is 2.06 bits per heavy atom. The molecule has 0 fully saturated rings. The Balaban J connectivity index is 3.38. The number of ether oxygens (including phenoxy) is 1. The third-order valence-electron chi connectivity index (χ3n) is 2.59. The van der Waals surface area contributed by atoms with Crippen molar-refractivity contribution in [3.05, 3.63) is 23.8 Å². The minimum atomic E-state index is -3.33. The lowest BCUT2D eigenvalue weighted by Gasteiger charge is -2.16. The minimum absolute atomic E-state index is 0.0656. The van der Waals surface area contributed by atoms with E-state index in [1.165, 1.54) is 13.2 Å². The van der Waals surface area contributed by atoms with E-state index in [2.05, 4.69) is 0 Å². The fraction of sp³-hybridized carbons (Fsp3) is 0.417. The summed E-state index contributed by atoms with van der Waals surface area (Å²) in [5.74, 6) is 0.272. The van der Waals surface area contributed by atoms with Gasteiger partial charge in [-0.05, 0) is 17.5 Å². The highest BCUT2D eigenvalue weighted by Gasteiger charge is 2.20. The van der Waals surface area contributed by atoms with Crippen molar-refractivity contribution in [1.29, 1.82) is 0 Å². The highest BCUT2D eigenvalue weighted by Crippen LogP contribution is 2.33. The Morgan fingerprint density at radius 1 is 1.41 bits per heavy atom. The van der Waals surface area contributed by atoms with Gasteiger partial charge < -0.3 is 9.53 Å². The zero-order valence-corrected chi connectivity index (χ0v) is 11.0. The Labute approximate surface area is 102 Å². The maximum atomic E-state index is 11.6. The van der Waals surface area contributed by atoms with Gasteiger partial charge in [-0.1, -0.05) is 19.1 Å². The van der Waals surface area contributed by atoms with Crippen LogP contribution in [0.15, 0.2) is 23.1 Å². The average molecular weight is 256 g/mol. The highest BCUT2D eigenvalue weighted by molar-refractivity contribution is 7.90. The lowest BCUT2D eigenvalue weighted by Crippen LogP contribution is -2.05. The van der Waals surface area contributed by atoms with Gasteiger partial charge in [0.15, 0.2) is 9.84 Å². The van der Waals surface area contributed by atoms with Crippen molar-refractivity contribution >= 4 is 16.1 Å². The van der Waals surface area contributed by atoms with E-state index in [9.17, 15) is 13.2 Å². The maximum absolute atomic E-state index is 11.6. The van der Waals surface area contributed by atoms with Crippen molar-refractivity contribution < 1.29 is 17.9 Å². The molecule has 0 spiro atoms. The van der Waals surface area contributed by atoms with Crippen LogP contribution in [0.25, 0.3) is 0 Å². The molecule has 94 valence electrons. The summed E-state index contributed by atoms with van der Waals surface area (Å²) in [6.45, 7) is 1.86. The summed E-state index contributed by atoms with van der Waals surface area (Å²) in [6, 6.07) is 4.95. The molecule has 0 saturated heterocycles. The van der Waals surface area contributed by atoms with Gasteiger partial charge in [0.1, 0.15) is 16.9 Å². The van der Waals surface area contributed by atoms with Gasteiger partial charge in [0.05, 0.1) is 7.11 Å². The first kappa shape index (κ1) is 13.7.